The lowest BCUT2D eigenvalue weighted by Crippen LogP contribution is -2.49. The molecule has 1 aliphatic rings. The first kappa shape index (κ1) is 10.6. The van der Waals surface area contributed by atoms with E-state index in [9.17, 15) is 9.59 Å². The number of nitrogen functional groups attached to an aromatic ring is 1. The Hall–Kier alpha value is -2.57. The predicted molar refractivity (Wildman–Crippen MR) is 65.1 cm³/mol. The molecule has 0 spiro atoms. The molecule has 0 unspecified atom stereocenters. The molecule has 2 aromatic heterocycles. The molecule has 0 atom stereocenters. The molecule has 3 heterocycles. The van der Waals surface area contributed by atoms with Crippen LogP contribution in [0.25, 0.3) is 5.52 Å². The molecule has 1 saturated heterocycles. The van der Waals surface area contributed by atoms with Gasteiger partial charge < -0.3 is 5.73 Å². The van der Waals surface area contributed by atoms with E-state index < -0.39 is 6.03 Å². The number of amides is 3. The summed E-state index contributed by atoms with van der Waals surface area (Å²) in [4.78, 5) is 24.2. The van der Waals surface area contributed by atoms with Gasteiger partial charge in [0, 0.05) is 25.2 Å². The van der Waals surface area contributed by atoms with Crippen LogP contribution in [0.5, 0.6) is 0 Å². The molecule has 92 valence electrons. The summed E-state index contributed by atoms with van der Waals surface area (Å²) < 4.78 is 1.61. The molecule has 0 radical (unpaired) electrons. The largest absolute Gasteiger partial charge is 0.397 e. The fraction of sp³-hybridized carbons (Fsp3) is 0.182. The molecule has 3 amide bonds. The summed E-state index contributed by atoms with van der Waals surface area (Å²) in [6, 6.07) is 4.82. The molecule has 1 aliphatic heterocycles. The number of aromatic nitrogens is 2. The average Bonchev–Trinajstić information content (AvgIpc) is 2.74. The van der Waals surface area contributed by atoms with Gasteiger partial charge in [-0.3, -0.25) is 15.0 Å². The van der Waals surface area contributed by atoms with E-state index in [0.29, 0.717) is 18.1 Å². The number of hydrogen-bond acceptors (Lipinski definition) is 4. The zero-order chi connectivity index (χ0) is 12.7. The number of carbonyl (C=O) groups excluding carboxylic acids is 2. The van der Waals surface area contributed by atoms with Crippen LogP contribution in [-0.4, -0.2) is 28.1 Å². The topological polar surface area (TPSA) is 92.7 Å². The van der Waals surface area contributed by atoms with Crippen LogP contribution < -0.4 is 16.0 Å². The summed E-state index contributed by atoms with van der Waals surface area (Å²) in [5.74, 6) is 0.220. The van der Waals surface area contributed by atoms with Gasteiger partial charge >= 0.3 is 6.03 Å². The number of urea groups is 1. The third-order valence-corrected chi connectivity index (χ3v) is 2.85. The van der Waals surface area contributed by atoms with Crippen LogP contribution in [0.2, 0.25) is 0 Å². The normalized spacial score (nSPS) is 16.1. The van der Waals surface area contributed by atoms with E-state index in [4.69, 9.17) is 5.73 Å². The van der Waals surface area contributed by atoms with Gasteiger partial charge in [0.1, 0.15) is 0 Å². The van der Waals surface area contributed by atoms with Crippen molar-refractivity contribution in [2.75, 3.05) is 17.2 Å². The Kier molecular flexibility index (Phi) is 2.19. The molecule has 18 heavy (non-hydrogen) atoms. The zero-order valence-corrected chi connectivity index (χ0v) is 9.46. The van der Waals surface area contributed by atoms with E-state index in [0.717, 1.165) is 5.52 Å². The van der Waals surface area contributed by atoms with Crippen molar-refractivity contribution in [3.8, 4) is 0 Å². The highest BCUT2D eigenvalue weighted by Crippen LogP contribution is 2.21. The summed E-state index contributed by atoms with van der Waals surface area (Å²) in [5.41, 5.74) is 7.14. The molecule has 2 aromatic rings. The van der Waals surface area contributed by atoms with Crippen LogP contribution >= 0.6 is 0 Å². The van der Waals surface area contributed by atoms with Crippen LogP contribution in [0, 0.1) is 0 Å². The van der Waals surface area contributed by atoms with E-state index in [1.54, 1.807) is 28.9 Å². The Bertz CT molecular complexity index is 648. The highest BCUT2D eigenvalue weighted by atomic mass is 16.2. The maximum Gasteiger partial charge on any atom is 0.329 e. The van der Waals surface area contributed by atoms with Gasteiger partial charge in [-0.05, 0) is 12.1 Å². The minimum Gasteiger partial charge on any atom is -0.397 e. The van der Waals surface area contributed by atoms with E-state index in [1.807, 2.05) is 0 Å². The molecule has 3 N–H and O–H groups in total. The second-order valence-corrected chi connectivity index (χ2v) is 4.05. The molecule has 3 rings (SSSR count). The number of fused-ring (bicyclic) bond motifs is 1. The van der Waals surface area contributed by atoms with Crippen molar-refractivity contribution in [1.82, 2.24) is 14.9 Å². The Morgan fingerprint density at radius 2 is 2.22 bits per heavy atom. The molecule has 7 heteroatoms. The van der Waals surface area contributed by atoms with Gasteiger partial charge in [0.25, 0.3) is 0 Å². The van der Waals surface area contributed by atoms with Crippen molar-refractivity contribution in [2.24, 2.45) is 0 Å². The first-order valence-corrected chi connectivity index (χ1v) is 5.50. The van der Waals surface area contributed by atoms with Crippen LogP contribution in [-0.2, 0) is 4.79 Å². The molecule has 0 aromatic carbocycles. The number of nitrogens with one attached hydrogen (secondary N) is 1. The second-order valence-electron chi connectivity index (χ2n) is 4.05. The molecule has 0 saturated carbocycles. The van der Waals surface area contributed by atoms with Gasteiger partial charge in [-0.2, -0.15) is 0 Å². The Morgan fingerprint density at radius 3 is 2.94 bits per heavy atom. The highest BCUT2D eigenvalue weighted by molar-refractivity contribution is 6.05. The summed E-state index contributed by atoms with van der Waals surface area (Å²) in [7, 11) is 0. The Morgan fingerprint density at radius 1 is 1.39 bits per heavy atom. The summed E-state index contributed by atoms with van der Waals surface area (Å²) in [6.07, 6.45) is 2.03. The van der Waals surface area contributed by atoms with Gasteiger partial charge in [0.2, 0.25) is 5.91 Å². The van der Waals surface area contributed by atoms with E-state index in [1.165, 1.54) is 4.90 Å². The molecular formula is C11H11N5O2. The molecule has 0 bridgehead atoms. The Balaban J connectivity index is 2.02. The monoisotopic (exact) mass is 245 g/mol. The smallest absolute Gasteiger partial charge is 0.329 e. The fourth-order valence-corrected chi connectivity index (χ4v) is 1.94. The minimum absolute atomic E-state index is 0.264. The fourth-order valence-electron chi connectivity index (χ4n) is 1.94. The lowest BCUT2D eigenvalue weighted by Gasteiger charge is -2.23. The number of carbonyl (C=O) groups is 2. The van der Waals surface area contributed by atoms with Crippen LogP contribution in [0.4, 0.5) is 16.3 Å². The average molecular weight is 245 g/mol. The van der Waals surface area contributed by atoms with Crippen LogP contribution in [0.3, 0.4) is 0 Å². The first-order chi connectivity index (χ1) is 8.65. The maximum atomic E-state index is 11.7. The number of imide groups is 1. The van der Waals surface area contributed by atoms with Crippen molar-refractivity contribution < 1.29 is 9.59 Å². The third-order valence-electron chi connectivity index (χ3n) is 2.85. The minimum atomic E-state index is -0.451. The number of nitrogens with two attached hydrogens (primary N) is 1. The van der Waals surface area contributed by atoms with Gasteiger partial charge in [-0.1, -0.05) is 0 Å². The summed E-state index contributed by atoms with van der Waals surface area (Å²) in [5, 5.41) is 6.52. The van der Waals surface area contributed by atoms with Crippen molar-refractivity contribution in [2.45, 2.75) is 6.42 Å². The van der Waals surface area contributed by atoms with E-state index in [-0.39, 0.29) is 12.3 Å². The van der Waals surface area contributed by atoms with Gasteiger partial charge in [0.15, 0.2) is 5.82 Å². The van der Waals surface area contributed by atoms with Crippen molar-refractivity contribution in [3.63, 3.8) is 0 Å². The number of hydrogen-bond donors (Lipinski definition) is 2. The number of nitrogens with zero attached hydrogens (tertiary/aromatic N) is 3. The number of anilines is 2. The number of pyridine rings is 1. The van der Waals surface area contributed by atoms with Gasteiger partial charge in [0.05, 0.1) is 11.2 Å². The van der Waals surface area contributed by atoms with Gasteiger partial charge in [-0.25, -0.2) is 9.31 Å². The van der Waals surface area contributed by atoms with Crippen molar-refractivity contribution in [3.05, 3.63) is 24.4 Å². The predicted octanol–water partition coefficient (Wildman–Crippen LogP) is 0.363. The summed E-state index contributed by atoms with van der Waals surface area (Å²) in [6.45, 7) is 0.328. The third kappa shape index (κ3) is 1.56. The van der Waals surface area contributed by atoms with E-state index >= 15 is 0 Å². The quantitative estimate of drug-likeness (QED) is 0.758. The maximum absolute atomic E-state index is 11.7. The molecule has 7 nitrogen and oxygen atoms in total. The zero-order valence-electron chi connectivity index (χ0n) is 9.46. The standard InChI is InChI=1S/C11H11N5O2/c12-7-2-1-4-16-8(7)6-9(14-16)15-5-3-10(17)13-11(15)18/h1-2,4,6H,3,5,12H2,(H,13,17,18). The van der Waals surface area contributed by atoms with Crippen LogP contribution in [0.15, 0.2) is 24.4 Å². The first-order valence-electron chi connectivity index (χ1n) is 5.50. The van der Waals surface area contributed by atoms with Gasteiger partial charge in [-0.15, -0.1) is 5.10 Å². The van der Waals surface area contributed by atoms with E-state index in [2.05, 4.69) is 10.4 Å². The summed E-state index contributed by atoms with van der Waals surface area (Å²) >= 11 is 0. The second kappa shape index (κ2) is 3.73. The lowest BCUT2D eigenvalue weighted by atomic mass is 10.3. The molecular weight excluding hydrogens is 234 g/mol. The molecule has 0 aliphatic carbocycles. The lowest BCUT2D eigenvalue weighted by molar-refractivity contribution is -0.120. The highest BCUT2D eigenvalue weighted by Gasteiger charge is 2.26. The van der Waals surface area contributed by atoms with Crippen molar-refractivity contribution >= 4 is 29.0 Å². The van der Waals surface area contributed by atoms with Crippen molar-refractivity contribution in [1.29, 1.82) is 0 Å². The Labute approximate surface area is 102 Å². The van der Waals surface area contributed by atoms with Crippen LogP contribution in [0.1, 0.15) is 6.42 Å². The molecule has 1 fully saturated rings. The SMILES string of the molecule is Nc1cccn2nc(N3CCC(=O)NC3=O)cc12. The number of rotatable bonds is 1.